The molecular weight excluding hydrogens is 288 g/mol. The molecule has 0 bridgehead atoms. The van der Waals surface area contributed by atoms with Crippen molar-refractivity contribution in [2.45, 2.75) is 0 Å². The molecule has 2 aromatic heterocycles. The topological polar surface area (TPSA) is 60.7 Å². The first-order chi connectivity index (χ1) is 11.3. The quantitative estimate of drug-likeness (QED) is 0.546. The number of fused-ring (bicyclic) bond motifs is 1. The molecule has 0 saturated heterocycles. The van der Waals surface area contributed by atoms with Crippen LogP contribution in [-0.2, 0) is 0 Å². The third-order valence-electron chi connectivity index (χ3n) is 3.62. The molecule has 2 aromatic carbocycles. The second-order valence-electron chi connectivity index (χ2n) is 5.05. The molecule has 4 aromatic rings. The van der Waals surface area contributed by atoms with E-state index in [9.17, 15) is 4.79 Å². The molecule has 0 unspecified atom stereocenters. The summed E-state index contributed by atoms with van der Waals surface area (Å²) in [7, 11) is 0. The number of para-hydroxylation sites is 1. The number of ketones is 1. The lowest BCUT2D eigenvalue weighted by Crippen LogP contribution is -2.05. The van der Waals surface area contributed by atoms with E-state index in [-0.39, 0.29) is 5.78 Å². The Morgan fingerprint density at radius 2 is 1.57 bits per heavy atom. The number of benzene rings is 2. The summed E-state index contributed by atoms with van der Waals surface area (Å²) in [6.45, 7) is 0. The minimum absolute atomic E-state index is 0.134. The monoisotopic (exact) mass is 300 g/mol. The molecule has 2 heterocycles. The molecule has 0 N–H and O–H groups in total. The van der Waals surface area contributed by atoms with Crippen LogP contribution < -0.4 is 0 Å². The molecule has 0 fully saturated rings. The van der Waals surface area contributed by atoms with Gasteiger partial charge < -0.3 is 0 Å². The summed E-state index contributed by atoms with van der Waals surface area (Å²) in [5.41, 5.74) is 2.47. The average molecular weight is 300 g/mol. The number of aromatic nitrogens is 4. The molecule has 5 heteroatoms. The van der Waals surface area contributed by atoms with E-state index in [1.165, 1.54) is 6.33 Å². The third-order valence-corrected chi connectivity index (χ3v) is 3.62. The van der Waals surface area contributed by atoms with Crippen LogP contribution in [0.25, 0.3) is 16.7 Å². The van der Waals surface area contributed by atoms with E-state index in [1.54, 1.807) is 23.0 Å². The van der Waals surface area contributed by atoms with Crippen molar-refractivity contribution in [2.75, 3.05) is 0 Å². The standard InChI is InChI=1S/C18H12N4O/c23-17(13-7-3-1-4-8-13)16-15-11-21-22(18(15)20-12-19-16)14-9-5-2-6-10-14/h1-12H. The van der Waals surface area contributed by atoms with Gasteiger partial charge in [0.1, 0.15) is 12.0 Å². The fourth-order valence-corrected chi connectivity index (χ4v) is 2.51. The summed E-state index contributed by atoms with van der Waals surface area (Å²) < 4.78 is 1.71. The number of carbonyl (C=O) groups excluding carboxylic acids is 1. The molecular formula is C18H12N4O. The van der Waals surface area contributed by atoms with E-state index in [2.05, 4.69) is 15.1 Å². The number of hydrogen-bond donors (Lipinski definition) is 0. The molecule has 0 saturated carbocycles. The SMILES string of the molecule is O=C(c1ccccc1)c1ncnc2c1cnn2-c1ccccc1. The maximum absolute atomic E-state index is 12.7. The van der Waals surface area contributed by atoms with Crippen LogP contribution in [0.5, 0.6) is 0 Å². The molecule has 0 atom stereocenters. The fourth-order valence-electron chi connectivity index (χ4n) is 2.51. The van der Waals surface area contributed by atoms with Crippen LogP contribution in [0, 0.1) is 0 Å². The van der Waals surface area contributed by atoms with E-state index in [0.29, 0.717) is 22.3 Å². The Morgan fingerprint density at radius 1 is 0.870 bits per heavy atom. The Balaban J connectivity index is 1.87. The van der Waals surface area contributed by atoms with Crippen LogP contribution in [0.2, 0.25) is 0 Å². The van der Waals surface area contributed by atoms with E-state index >= 15 is 0 Å². The van der Waals surface area contributed by atoms with Crippen molar-refractivity contribution in [3.63, 3.8) is 0 Å². The predicted octanol–water partition coefficient (Wildman–Crippen LogP) is 3.05. The molecule has 23 heavy (non-hydrogen) atoms. The summed E-state index contributed by atoms with van der Waals surface area (Å²) in [4.78, 5) is 21.1. The van der Waals surface area contributed by atoms with Crippen molar-refractivity contribution in [2.24, 2.45) is 0 Å². The smallest absolute Gasteiger partial charge is 0.212 e. The van der Waals surface area contributed by atoms with Crippen LogP contribution in [-0.4, -0.2) is 25.5 Å². The molecule has 0 radical (unpaired) electrons. The minimum Gasteiger partial charge on any atom is -0.287 e. The van der Waals surface area contributed by atoms with Gasteiger partial charge in [0, 0.05) is 5.56 Å². The van der Waals surface area contributed by atoms with Gasteiger partial charge in [-0.2, -0.15) is 5.10 Å². The van der Waals surface area contributed by atoms with Crippen molar-refractivity contribution in [1.82, 2.24) is 19.7 Å². The van der Waals surface area contributed by atoms with Crippen LogP contribution in [0.15, 0.2) is 73.2 Å². The second kappa shape index (κ2) is 5.46. The second-order valence-corrected chi connectivity index (χ2v) is 5.05. The summed E-state index contributed by atoms with van der Waals surface area (Å²) in [5.74, 6) is -0.134. The van der Waals surface area contributed by atoms with Crippen molar-refractivity contribution in [3.8, 4) is 5.69 Å². The van der Waals surface area contributed by atoms with Crippen molar-refractivity contribution in [3.05, 3.63) is 84.4 Å². The van der Waals surface area contributed by atoms with E-state index in [4.69, 9.17) is 0 Å². The summed E-state index contributed by atoms with van der Waals surface area (Å²) in [6, 6.07) is 18.8. The summed E-state index contributed by atoms with van der Waals surface area (Å²) in [5, 5.41) is 5.01. The zero-order chi connectivity index (χ0) is 15.6. The van der Waals surface area contributed by atoms with E-state index in [0.717, 1.165) is 5.69 Å². The molecule has 4 rings (SSSR count). The van der Waals surface area contributed by atoms with Gasteiger partial charge >= 0.3 is 0 Å². The lowest BCUT2D eigenvalue weighted by atomic mass is 10.1. The van der Waals surface area contributed by atoms with Crippen LogP contribution in [0.4, 0.5) is 0 Å². The third kappa shape index (κ3) is 2.28. The van der Waals surface area contributed by atoms with Crippen molar-refractivity contribution >= 4 is 16.8 Å². The predicted molar refractivity (Wildman–Crippen MR) is 86.5 cm³/mol. The Labute approximate surface area is 132 Å². The van der Waals surface area contributed by atoms with Crippen LogP contribution >= 0.6 is 0 Å². The molecule has 110 valence electrons. The lowest BCUT2D eigenvalue weighted by molar-refractivity contribution is 0.103. The molecule has 0 aliphatic heterocycles. The molecule has 5 nitrogen and oxygen atoms in total. The first kappa shape index (κ1) is 13.3. The van der Waals surface area contributed by atoms with Crippen molar-refractivity contribution < 1.29 is 4.79 Å². The lowest BCUT2D eigenvalue weighted by Gasteiger charge is -2.04. The molecule has 0 aliphatic carbocycles. The van der Waals surface area contributed by atoms with Gasteiger partial charge in [-0.15, -0.1) is 0 Å². The van der Waals surface area contributed by atoms with Gasteiger partial charge in [-0.05, 0) is 12.1 Å². The van der Waals surface area contributed by atoms with Gasteiger partial charge in [0.15, 0.2) is 5.65 Å². The normalized spacial score (nSPS) is 10.8. The van der Waals surface area contributed by atoms with Crippen LogP contribution in [0.1, 0.15) is 16.1 Å². The first-order valence-electron chi connectivity index (χ1n) is 7.18. The first-order valence-corrected chi connectivity index (χ1v) is 7.18. The highest BCUT2D eigenvalue weighted by molar-refractivity contribution is 6.14. The van der Waals surface area contributed by atoms with E-state index in [1.807, 2.05) is 48.5 Å². The van der Waals surface area contributed by atoms with Gasteiger partial charge in [0.2, 0.25) is 5.78 Å². The average Bonchev–Trinajstić information content (AvgIpc) is 3.07. The largest absolute Gasteiger partial charge is 0.287 e. The molecule has 0 spiro atoms. The minimum atomic E-state index is -0.134. The number of hydrogen-bond acceptors (Lipinski definition) is 4. The Hall–Kier alpha value is -3.34. The van der Waals surface area contributed by atoms with Gasteiger partial charge in [0.05, 0.1) is 17.3 Å². The Bertz CT molecular complexity index is 978. The molecule has 0 amide bonds. The summed E-state index contributed by atoms with van der Waals surface area (Å²) in [6.07, 6.45) is 3.04. The highest BCUT2D eigenvalue weighted by atomic mass is 16.1. The highest BCUT2D eigenvalue weighted by Gasteiger charge is 2.17. The van der Waals surface area contributed by atoms with Crippen molar-refractivity contribution in [1.29, 1.82) is 0 Å². The van der Waals surface area contributed by atoms with Gasteiger partial charge in [0.25, 0.3) is 0 Å². The van der Waals surface area contributed by atoms with E-state index < -0.39 is 0 Å². The zero-order valence-electron chi connectivity index (χ0n) is 12.1. The molecule has 0 aliphatic rings. The summed E-state index contributed by atoms with van der Waals surface area (Å²) >= 11 is 0. The van der Waals surface area contributed by atoms with Gasteiger partial charge in [-0.25, -0.2) is 14.6 Å². The Kier molecular flexibility index (Phi) is 3.16. The highest BCUT2D eigenvalue weighted by Crippen LogP contribution is 2.20. The zero-order valence-corrected chi connectivity index (χ0v) is 12.1. The Morgan fingerprint density at radius 3 is 2.30 bits per heavy atom. The number of carbonyl (C=O) groups is 1. The maximum Gasteiger partial charge on any atom is 0.212 e. The fraction of sp³-hybridized carbons (Fsp3) is 0. The van der Waals surface area contributed by atoms with Gasteiger partial charge in [-0.3, -0.25) is 4.79 Å². The number of rotatable bonds is 3. The van der Waals surface area contributed by atoms with Crippen LogP contribution in [0.3, 0.4) is 0 Å². The maximum atomic E-state index is 12.7. The van der Waals surface area contributed by atoms with Gasteiger partial charge in [-0.1, -0.05) is 48.5 Å². The number of nitrogens with zero attached hydrogens (tertiary/aromatic N) is 4.